The first-order chi connectivity index (χ1) is 21.8. The van der Waals surface area contributed by atoms with Crippen LogP contribution in [0, 0.1) is 11.7 Å². The van der Waals surface area contributed by atoms with Crippen molar-refractivity contribution in [1.29, 1.82) is 0 Å². The number of piperidine rings is 1. The molecule has 4 heterocycles. The van der Waals surface area contributed by atoms with Crippen LogP contribution >= 0.6 is 0 Å². The summed E-state index contributed by atoms with van der Waals surface area (Å²) in [6, 6.07) is 8.95. The number of carboxylic acid groups (broad SMARTS) is 1. The van der Waals surface area contributed by atoms with Gasteiger partial charge in [-0.05, 0) is 57.2 Å². The van der Waals surface area contributed by atoms with Crippen molar-refractivity contribution in [1.82, 2.24) is 9.47 Å². The van der Waals surface area contributed by atoms with Gasteiger partial charge in [-0.25, -0.2) is 9.18 Å². The number of halogens is 1. The van der Waals surface area contributed by atoms with Crippen LogP contribution in [0.3, 0.4) is 0 Å². The zero-order valence-electron chi connectivity index (χ0n) is 25.4. The smallest absolute Gasteiger partial charge is 0.341 e. The Morgan fingerprint density at radius 3 is 2.67 bits per heavy atom. The number of benzene rings is 2. The molecule has 2 saturated heterocycles. The van der Waals surface area contributed by atoms with Crippen LogP contribution in [0.4, 0.5) is 15.8 Å². The van der Waals surface area contributed by atoms with Crippen LogP contribution in [0.2, 0.25) is 0 Å². The van der Waals surface area contributed by atoms with Gasteiger partial charge in [0, 0.05) is 50.0 Å². The number of hydrogen-bond donors (Lipinski definition) is 1. The van der Waals surface area contributed by atoms with E-state index >= 15 is 4.39 Å². The fourth-order valence-electron chi connectivity index (χ4n) is 7.39. The van der Waals surface area contributed by atoms with E-state index in [0.717, 1.165) is 43.5 Å². The molecule has 0 spiro atoms. The van der Waals surface area contributed by atoms with Crippen LogP contribution < -0.4 is 20.0 Å². The predicted octanol–water partition coefficient (Wildman–Crippen LogP) is 3.87. The molecule has 1 N–H and O–H groups in total. The Bertz CT molecular complexity index is 1790. The van der Waals surface area contributed by atoms with Gasteiger partial charge in [-0.2, -0.15) is 0 Å². The fourth-order valence-corrected chi connectivity index (χ4v) is 7.39. The first-order valence-electron chi connectivity index (χ1n) is 15.6. The molecular weight excluding hydrogens is 581 g/mol. The summed E-state index contributed by atoms with van der Waals surface area (Å²) in [6.07, 6.45) is 5.06. The molecule has 1 amide bonds. The minimum absolute atomic E-state index is 0.0148. The number of nitrogens with zero attached hydrogens (tertiary/aromatic N) is 5. The van der Waals surface area contributed by atoms with E-state index in [9.17, 15) is 19.5 Å². The first kappa shape index (κ1) is 29.3. The Morgan fingerprint density at radius 2 is 1.93 bits per heavy atom. The van der Waals surface area contributed by atoms with E-state index in [1.807, 2.05) is 36.1 Å². The maximum absolute atomic E-state index is 16.0. The number of anilines is 2. The number of hydrogen-bond acceptors (Lipinski definition) is 8. The number of ether oxygens (including phenoxy) is 1. The van der Waals surface area contributed by atoms with Crippen molar-refractivity contribution in [3.63, 3.8) is 0 Å². The zero-order chi connectivity index (χ0) is 31.4. The third kappa shape index (κ3) is 4.91. The summed E-state index contributed by atoms with van der Waals surface area (Å²) in [5.41, 5.74) is 1.55. The van der Waals surface area contributed by atoms with Crippen molar-refractivity contribution in [3.05, 3.63) is 63.7 Å². The van der Waals surface area contributed by atoms with E-state index in [1.165, 1.54) is 19.4 Å². The Morgan fingerprint density at radius 1 is 1.13 bits per heavy atom. The van der Waals surface area contributed by atoms with Crippen LogP contribution in [0.15, 0.2) is 46.5 Å². The molecule has 2 aromatic carbocycles. The molecule has 0 bridgehead atoms. The summed E-state index contributed by atoms with van der Waals surface area (Å²) in [5, 5.41) is 13.8. The summed E-state index contributed by atoms with van der Waals surface area (Å²) in [4.78, 5) is 49.7. The molecule has 3 aliphatic heterocycles. The van der Waals surface area contributed by atoms with Gasteiger partial charge in [0.25, 0.3) is 5.91 Å². The third-order valence-electron chi connectivity index (χ3n) is 9.58. The number of carbonyl (C=O) groups is 2. The highest BCUT2D eigenvalue weighted by molar-refractivity contribution is 6.54. The summed E-state index contributed by atoms with van der Waals surface area (Å²) in [5.74, 6) is -1.57. The van der Waals surface area contributed by atoms with Gasteiger partial charge in [-0.15, -0.1) is 0 Å². The number of methoxy groups -OCH3 is 1. The van der Waals surface area contributed by atoms with E-state index in [4.69, 9.17) is 9.57 Å². The van der Waals surface area contributed by atoms with Gasteiger partial charge in [-0.3, -0.25) is 14.5 Å². The van der Waals surface area contributed by atoms with E-state index in [1.54, 1.807) is 9.47 Å². The number of oxime groups is 1. The number of aromatic nitrogens is 1. The van der Waals surface area contributed by atoms with Crippen molar-refractivity contribution >= 4 is 39.9 Å². The zero-order valence-corrected chi connectivity index (χ0v) is 25.4. The number of pyridine rings is 1. The molecule has 2 atom stereocenters. The molecule has 4 aliphatic rings. The minimum Gasteiger partial charge on any atom is -0.492 e. The Kier molecular flexibility index (Phi) is 7.47. The third-order valence-corrected chi connectivity index (χ3v) is 9.58. The second-order valence-corrected chi connectivity index (χ2v) is 12.2. The van der Waals surface area contributed by atoms with Gasteiger partial charge < -0.3 is 29.0 Å². The molecule has 3 fully saturated rings. The van der Waals surface area contributed by atoms with E-state index < -0.39 is 17.2 Å². The SMILES string of the molecule is CCO/N=C1\C(=O)N(CCN2CCC[C@H]3CN(c4c(F)cc5c(=O)c(C(=O)O)cn(C6CC6)c5c4OC)C[C@H]32)c2ccccc21. The highest BCUT2D eigenvalue weighted by Gasteiger charge is 2.42. The van der Waals surface area contributed by atoms with Crippen molar-refractivity contribution < 1.29 is 28.7 Å². The number of amides is 1. The molecule has 11 nitrogen and oxygen atoms in total. The van der Waals surface area contributed by atoms with Gasteiger partial charge in [0.15, 0.2) is 17.3 Å². The lowest BCUT2D eigenvalue weighted by molar-refractivity contribution is -0.112. The minimum atomic E-state index is -1.33. The lowest BCUT2D eigenvalue weighted by Gasteiger charge is -2.37. The summed E-state index contributed by atoms with van der Waals surface area (Å²) >= 11 is 0. The predicted molar refractivity (Wildman–Crippen MR) is 167 cm³/mol. The maximum atomic E-state index is 16.0. The van der Waals surface area contributed by atoms with Crippen molar-refractivity contribution in [2.45, 2.75) is 44.7 Å². The van der Waals surface area contributed by atoms with Crippen molar-refractivity contribution in [2.75, 3.05) is 56.2 Å². The van der Waals surface area contributed by atoms with Crippen molar-refractivity contribution in [2.24, 2.45) is 11.1 Å². The Balaban J connectivity index is 1.17. The van der Waals surface area contributed by atoms with Crippen LogP contribution in [0.1, 0.15) is 54.6 Å². The maximum Gasteiger partial charge on any atom is 0.341 e. The topological polar surface area (TPSA) is 117 Å². The van der Waals surface area contributed by atoms with Crippen LogP contribution in [-0.4, -0.2) is 84.6 Å². The molecule has 45 heavy (non-hydrogen) atoms. The number of rotatable bonds is 9. The summed E-state index contributed by atoms with van der Waals surface area (Å²) < 4.78 is 23.6. The fraction of sp³-hybridized carbons (Fsp3) is 0.455. The first-order valence-corrected chi connectivity index (χ1v) is 15.6. The van der Waals surface area contributed by atoms with Crippen LogP contribution in [0.25, 0.3) is 10.9 Å². The van der Waals surface area contributed by atoms with E-state index in [0.29, 0.717) is 49.7 Å². The van der Waals surface area contributed by atoms with E-state index in [-0.39, 0.29) is 40.6 Å². The van der Waals surface area contributed by atoms with Gasteiger partial charge in [-0.1, -0.05) is 23.4 Å². The average molecular weight is 618 g/mol. The quantitative estimate of drug-likeness (QED) is 0.360. The molecule has 12 heteroatoms. The standard InChI is InChI=1S/C33H36FN5O6/c1-3-45-35-27-21-8-4-5-9-25(21)38(32(27)41)14-13-36-12-6-7-19-16-37(18-26(19)36)29-24(34)15-22-28(31(29)44-2)39(20-10-11-20)17-23(30(22)40)33(42)43/h4-5,8-9,15,17,19-20,26H,3,6-7,10-14,16,18H2,1-2H3,(H,42,43)/b35-27-/t19-,26+/m0/s1. The molecule has 236 valence electrons. The lowest BCUT2D eigenvalue weighted by Crippen LogP contribution is -2.48. The number of likely N-dealkylation sites (tertiary alicyclic amines) is 1. The number of carboxylic acids is 1. The van der Waals surface area contributed by atoms with Crippen LogP contribution in [0.5, 0.6) is 5.75 Å². The molecule has 1 aromatic heterocycles. The molecule has 3 aromatic rings. The highest BCUT2D eigenvalue weighted by atomic mass is 19.1. The number of fused-ring (bicyclic) bond motifs is 3. The average Bonchev–Trinajstić information content (AvgIpc) is 3.73. The monoisotopic (exact) mass is 617 g/mol. The van der Waals surface area contributed by atoms with Gasteiger partial charge in [0.1, 0.15) is 17.9 Å². The molecule has 0 unspecified atom stereocenters. The summed E-state index contributed by atoms with van der Waals surface area (Å²) in [7, 11) is 1.47. The van der Waals surface area contributed by atoms with Gasteiger partial charge >= 0.3 is 5.97 Å². The number of carbonyl (C=O) groups excluding carboxylic acids is 1. The molecule has 7 rings (SSSR count). The Labute approximate surface area is 259 Å². The summed E-state index contributed by atoms with van der Waals surface area (Å²) in [6.45, 7) is 5.38. The molecule has 0 radical (unpaired) electrons. The largest absolute Gasteiger partial charge is 0.492 e. The van der Waals surface area contributed by atoms with Crippen molar-refractivity contribution in [3.8, 4) is 5.75 Å². The van der Waals surface area contributed by atoms with Gasteiger partial charge in [0.2, 0.25) is 5.43 Å². The highest BCUT2D eigenvalue weighted by Crippen LogP contribution is 2.45. The van der Waals surface area contributed by atoms with E-state index in [2.05, 4.69) is 10.1 Å². The molecular formula is C33H36FN5O6. The lowest BCUT2D eigenvalue weighted by atomic mass is 9.92. The second-order valence-electron chi connectivity index (χ2n) is 12.2. The number of aromatic carboxylic acids is 1. The molecule has 1 saturated carbocycles. The van der Waals surface area contributed by atoms with Crippen LogP contribution in [-0.2, 0) is 9.63 Å². The number of para-hydroxylation sites is 1. The molecule has 1 aliphatic carbocycles. The van der Waals surface area contributed by atoms with Gasteiger partial charge in [0.05, 0.1) is 23.7 Å². The Hall–Kier alpha value is -4.45. The second kappa shape index (κ2) is 11.5. The normalized spacial score (nSPS) is 22.3.